The minimum Gasteiger partial charge on any atom is -0.465 e. The van der Waals surface area contributed by atoms with Crippen molar-refractivity contribution in [1.29, 1.82) is 0 Å². The summed E-state index contributed by atoms with van der Waals surface area (Å²) in [7, 11) is 0. The van der Waals surface area contributed by atoms with Crippen LogP contribution in [-0.2, 0) is 0 Å². The molecule has 0 radical (unpaired) electrons. The van der Waals surface area contributed by atoms with Gasteiger partial charge in [0.05, 0.1) is 18.7 Å². The highest BCUT2D eigenvalue weighted by Crippen LogP contribution is 2.16. The first kappa shape index (κ1) is 7.89. The standard InChI is InChI=1S/C7H9NO3/c1-2-5-3-6(9)4-8(5)7(10)11/h1,5-6,9H,3-4H2,(H,10,11)/t5-,6+/m1/s1. The van der Waals surface area contributed by atoms with Gasteiger partial charge in [0.25, 0.3) is 0 Å². The van der Waals surface area contributed by atoms with Crippen LogP contribution in [0.4, 0.5) is 4.79 Å². The number of amides is 1. The highest BCUT2D eigenvalue weighted by molar-refractivity contribution is 5.66. The lowest BCUT2D eigenvalue weighted by atomic mass is 10.2. The van der Waals surface area contributed by atoms with E-state index in [0.717, 1.165) is 4.90 Å². The summed E-state index contributed by atoms with van der Waals surface area (Å²) in [5.74, 6) is 2.31. The molecule has 0 aromatic heterocycles. The Morgan fingerprint density at radius 1 is 1.73 bits per heavy atom. The second kappa shape index (κ2) is 2.81. The number of hydrogen-bond donors (Lipinski definition) is 2. The normalized spacial score (nSPS) is 30.0. The van der Waals surface area contributed by atoms with Crippen LogP contribution in [0.25, 0.3) is 0 Å². The third-order valence-electron chi connectivity index (χ3n) is 1.72. The van der Waals surface area contributed by atoms with Crippen molar-refractivity contribution in [3.8, 4) is 12.3 Å². The molecule has 60 valence electrons. The molecule has 0 bridgehead atoms. The fourth-order valence-electron chi connectivity index (χ4n) is 1.18. The molecule has 11 heavy (non-hydrogen) atoms. The second-order valence-electron chi connectivity index (χ2n) is 2.51. The van der Waals surface area contributed by atoms with Crippen LogP contribution in [0.3, 0.4) is 0 Å². The molecular weight excluding hydrogens is 146 g/mol. The summed E-state index contributed by atoms with van der Waals surface area (Å²) in [6.07, 6.45) is 3.74. The quantitative estimate of drug-likeness (QED) is 0.473. The third-order valence-corrected chi connectivity index (χ3v) is 1.72. The van der Waals surface area contributed by atoms with Crippen LogP contribution in [-0.4, -0.2) is 39.9 Å². The second-order valence-corrected chi connectivity index (χ2v) is 2.51. The Hall–Kier alpha value is -1.21. The van der Waals surface area contributed by atoms with Crippen LogP contribution < -0.4 is 0 Å². The number of aliphatic hydroxyl groups excluding tert-OH is 1. The number of likely N-dealkylation sites (tertiary alicyclic amines) is 1. The topological polar surface area (TPSA) is 60.8 Å². The van der Waals surface area contributed by atoms with E-state index < -0.39 is 18.2 Å². The third kappa shape index (κ3) is 1.44. The number of nitrogens with zero attached hydrogens (tertiary/aromatic N) is 1. The first-order valence-corrected chi connectivity index (χ1v) is 3.29. The maximum atomic E-state index is 10.4. The van der Waals surface area contributed by atoms with Crippen molar-refractivity contribution in [2.75, 3.05) is 6.54 Å². The fourth-order valence-corrected chi connectivity index (χ4v) is 1.18. The van der Waals surface area contributed by atoms with Crippen LogP contribution in [0.2, 0.25) is 0 Å². The molecule has 2 atom stereocenters. The van der Waals surface area contributed by atoms with E-state index in [9.17, 15) is 4.79 Å². The van der Waals surface area contributed by atoms with Gasteiger partial charge in [-0.05, 0) is 0 Å². The van der Waals surface area contributed by atoms with Crippen LogP contribution >= 0.6 is 0 Å². The summed E-state index contributed by atoms with van der Waals surface area (Å²) < 4.78 is 0. The van der Waals surface area contributed by atoms with Crippen molar-refractivity contribution in [2.45, 2.75) is 18.6 Å². The van der Waals surface area contributed by atoms with Gasteiger partial charge in [0.1, 0.15) is 0 Å². The van der Waals surface area contributed by atoms with Crippen LogP contribution in [0.15, 0.2) is 0 Å². The molecule has 0 aromatic rings. The van der Waals surface area contributed by atoms with E-state index in [1.54, 1.807) is 0 Å². The van der Waals surface area contributed by atoms with Crippen molar-refractivity contribution in [3.63, 3.8) is 0 Å². The van der Waals surface area contributed by atoms with Gasteiger partial charge in [-0.1, -0.05) is 5.92 Å². The largest absolute Gasteiger partial charge is 0.465 e. The first-order valence-electron chi connectivity index (χ1n) is 3.29. The lowest BCUT2D eigenvalue weighted by Gasteiger charge is -2.14. The SMILES string of the molecule is C#C[C@@H]1C[C@H](O)CN1C(=O)O. The summed E-state index contributed by atoms with van der Waals surface area (Å²) in [6.45, 7) is 0.129. The summed E-state index contributed by atoms with van der Waals surface area (Å²) >= 11 is 0. The van der Waals surface area contributed by atoms with E-state index in [2.05, 4.69) is 5.92 Å². The Kier molecular flexibility index (Phi) is 2.01. The number of β-amino-alcohol motifs (C(OH)–C–C–N with tert-alkyl or cyclic N) is 1. The summed E-state index contributed by atoms with van der Waals surface area (Å²) in [6, 6.07) is -0.456. The predicted molar refractivity (Wildman–Crippen MR) is 38.0 cm³/mol. The zero-order valence-electron chi connectivity index (χ0n) is 5.90. The Balaban J connectivity index is 2.67. The van der Waals surface area contributed by atoms with Gasteiger partial charge in [0.2, 0.25) is 0 Å². The zero-order chi connectivity index (χ0) is 8.43. The van der Waals surface area contributed by atoms with Gasteiger partial charge in [-0.25, -0.2) is 4.79 Å². The molecule has 1 amide bonds. The maximum Gasteiger partial charge on any atom is 0.408 e. The molecule has 0 spiro atoms. The van der Waals surface area contributed by atoms with E-state index in [-0.39, 0.29) is 6.54 Å². The molecule has 0 saturated carbocycles. The van der Waals surface area contributed by atoms with Crippen molar-refractivity contribution in [3.05, 3.63) is 0 Å². The molecule has 0 aromatic carbocycles. The Bertz CT molecular complexity index is 208. The molecular formula is C7H9NO3. The first-order chi connectivity index (χ1) is 5.15. The van der Waals surface area contributed by atoms with Crippen molar-refractivity contribution < 1.29 is 15.0 Å². The Morgan fingerprint density at radius 3 is 2.73 bits per heavy atom. The average Bonchev–Trinajstić information content (AvgIpc) is 2.30. The van der Waals surface area contributed by atoms with E-state index in [1.165, 1.54) is 0 Å². The Labute approximate surface area is 64.4 Å². The van der Waals surface area contributed by atoms with E-state index in [0.29, 0.717) is 6.42 Å². The van der Waals surface area contributed by atoms with E-state index in [1.807, 2.05) is 0 Å². The van der Waals surface area contributed by atoms with Gasteiger partial charge in [-0.3, -0.25) is 4.90 Å². The van der Waals surface area contributed by atoms with Crippen LogP contribution in [0, 0.1) is 12.3 Å². The lowest BCUT2D eigenvalue weighted by Crippen LogP contribution is -2.33. The number of aliphatic hydroxyl groups is 1. The molecule has 1 rings (SSSR count). The lowest BCUT2D eigenvalue weighted by molar-refractivity contribution is 0.136. The molecule has 2 N–H and O–H groups in total. The molecule has 1 fully saturated rings. The van der Waals surface area contributed by atoms with Gasteiger partial charge in [-0.2, -0.15) is 0 Å². The monoisotopic (exact) mass is 155 g/mol. The number of rotatable bonds is 0. The van der Waals surface area contributed by atoms with E-state index >= 15 is 0 Å². The number of hydrogen-bond acceptors (Lipinski definition) is 2. The molecule has 1 aliphatic rings. The number of terminal acetylenes is 1. The fraction of sp³-hybridized carbons (Fsp3) is 0.571. The summed E-state index contributed by atoms with van der Waals surface area (Å²) in [5, 5.41) is 17.6. The van der Waals surface area contributed by atoms with Gasteiger partial charge in [0, 0.05) is 6.42 Å². The van der Waals surface area contributed by atoms with Crippen molar-refractivity contribution >= 4 is 6.09 Å². The smallest absolute Gasteiger partial charge is 0.408 e. The molecule has 0 unspecified atom stereocenters. The minimum absolute atomic E-state index is 0.129. The van der Waals surface area contributed by atoms with Crippen molar-refractivity contribution in [2.24, 2.45) is 0 Å². The molecule has 4 heteroatoms. The van der Waals surface area contributed by atoms with E-state index in [4.69, 9.17) is 16.6 Å². The van der Waals surface area contributed by atoms with Gasteiger partial charge in [0.15, 0.2) is 0 Å². The molecule has 0 aliphatic carbocycles. The number of carboxylic acid groups (broad SMARTS) is 1. The maximum absolute atomic E-state index is 10.4. The molecule has 1 saturated heterocycles. The average molecular weight is 155 g/mol. The Morgan fingerprint density at radius 2 is 2.36 bits per heavy atom. The van der Waals surface area contributed by atoms with Crippen LogP contribution in [0.5, 0.6) is 0 Å². The summed E-state index contributed by atoms with van der Waals surface area (Å²) in [5.41, 5.74) is 0. The zero-order valence-corrected chi connectivity index (χ0v) is 5.90. The van der Waals surface area contributed by atoms with Gasteiger partial charge in [-0.15, -0.1) is 6.42 Å². The van der Waals surface area contributed by atoms with Gasteiger partial charge >= 0.3 is 6.09 Å². The predicted octanol–water partition coefficient (Wildman–Crippen LogP) is -0.267. The molecule has 1 heterocycles. The number of carbonyl (C=O) groups is 1. The minimum atomic E-state index is -1.07. The highest BCUT2D eigenvalue weighted by Gasteiger charge is 2.32. The molecule has 4 nitrogen and oxygen atoms in total. The molecule has 1 aliphatic heterocycles. The van der Waals surface area contributed by atoms with Gasteiger partial charge < -0.3 is 10.2 Å². The van der Waals surface area contributed by atoms with Crippen molar-refractivity contribution in [1.82, 2.24) is 4.90 Å². The summed E-state index contributed by atoms with van der Waals surface area (Å²) in [4.78, 5) is 11.5. The van der Waals surface area contributed by atoms with Crippen LogP contribution in [0.1, 0.15) is 6.42 Å². The highest BCUT2D eigenvalue weighted by atomic mass is 16.4.